The fourth-order valence-electron chi connectivity index (χ4n) is 2.31. The molecule has 1 aromatic heterocycles. The monoisotopic (exact) mass is 295 g/mol. The Morgan fingerprint density at radius 2 is 2.05 bits per heavy atom. The van der Waals surface area contributed by atoms with Gasteiger partial charge in [0.25, 0.3) is 0 Å². The van der Waals surface area contributed by atoms with Gasteiger partial charge in [-0.05, 0) is 25.5 Å². The number of nitrogens with zero attached hydrogens (tertiary/aromatic N) is 2. The topological polar surface area (TPSA) is 78.0 Å². The molecule has 6 heteroatoms. The minimum Gasteiger partial charge on any atom is -0.330 e. The van der Waals surface area contributed by atoms with Gasteiger partial charge < -0.3 is 5.73 Å². The van der Waals surface area contributed by atoms with Crippen molar-refractivity contribution in [2.45, 2.75) is 26.1 Å². The van der Waals surface area contributed by atoms with Gasteiger partial charge in [0.2, 0.25) is 0 Å². The summed E-state index contributed by atoms with van der Waals surface area (Å²) in [6.45, 7) is 4.94. The Morgan fingerprint density at radius 1 is 1.35 bits per heavy atom. The molecule has 1 heterocycles. The Morgan fingerprint density at radius 3 is 2.70 bits per heavy atom. The average molecular weight is 295 g/mol. The first kappa shape index (κ1) is 15.0. The lowest BCUT2D eigenvalue weighted by atomic mass is 10.2. The number of aryl methyl sites for hydroxylation is 1. The molecule has 1 atom stereocenters. The summed E-state index contributed by atoms with van der Waals surface area (Å²) in [5.74, 6) is 0.0568. The SMILES string of the molecule is CCn1nc(CS(=O)(=O)CC(C)CN)c2ccccc21. The molecule has 0 fully saturated rings. The molecule has 0 aliphatic heterocycles. The van der Waals surface area contributed by atoms with Gasteiger partial charge in [-0.1, -0.05) is 25.1 Å². The van der Waals surface area contributed by atoms with E-state index in [4.69, 9.17) is 5.73 Å². The van der Waals surface area contributed by atoms with E-state index >= 15 is 0 Å². The Kier molecular flexibility index (Phi) is 4.45. The van der Waals surface area contributed by atoms with E-state index in [1.54, 1.807) is 0 Å². The Balaban J connectivity index is 2.34. The highest BCUT2D eigenvalue weighted by Crippen LogP contribution is 2.21. The van der Waals surface area contributed by atoms with E-state index in [1.807, 2.05) is 42.8 Å². The lowest BCUT2D eigenvalue weighted by molar-refractivity contribution is 0.571. The van der Waals surface area contributed by atoms with Crippen LogP contribution in [0.25, 0.3) is 10.9 Å². The van der Waals surface area contributed by atoms with Gasteiger partial charge in [-0.25, -0.2) is 8.42 Å². The maximum Gasteiger partial charge on any atom is 0.156 e. The predicted molar refractivity (Wildman–Crippen MR) is 81.1 cm³/mol. The fraction of sp³-hybridized carbons (Fsp3) is 0.500. The molecule has 0 saturated carbocycles. The third-order valence-electron chi connectivity index (χ3n) is 3.33. The maximum absolute atomic E-state index is 12.2. The standard InChI is InChI=1S/C14H21N3O2S/c1-3-17-14-7-5-4-6-12(14)13(16-17)10-20(18,19)9-11(2)8-15/h4-7,11H,3,8-10,15H2,1-2H3. The van der Waals surface area contributed by atoms with E-state index in [9.17, 15) is 8.42 Å². The quantitative estimate of drug-likeness (QED) is 0.877. The minimum absolute atomic E-state index is 0.0230. The zero-order chi connectivity index (χ0) is 14.8. The van der Waals surface area contributed by atoms with Crippen LogP contribution in [0, 0.1) is 5.92 Å². The number of fused-ring (bicyclic) bond motifs is 1. The van der Waals surface area contributed by atoms with Crippen LogP contribution in [0.3, 0.4) is 0 Å². The second-order valence-corrected chi connectivity index (χ2v) is 7.28. The molecular formula is C14H21N3O2S. The van der Waals surface area contributed by atoms with Crippen molar-refractivity contribution >= 4 is 20.7 Å². The van der Waals surface area contributed by atoms with Crippen LogP contribution in [0.2, 0.25) is 0 Å². The lowest BCUT2D eigenvalue weighted by Crippen LogP contribution is -2.22. The van der Waals surface area contributed by atoms with Crippen LogP contribution in [0.1, 0.15) is 19.5 Å². The molecule has 0 spiro atoms. The van der Waals surface area contributed by atoms with Crippen molar-refractivity contribution in [1.82, 2.24) is 9.78 Å². The molecular weight excluding hydrogens is 274 g/mol. The van der Waals surface area contributed by atoms with Crippen LogP contribution in [0.4, 0.5) is 0 Å². The summed E-state index contributed by atoms with van der Waals surface area (Å²) < 4.78 is 26.3. The number of hydrogen-bond donors (Lipinski definition) is 1. The molecule has 20 heavy (non-hydrogen) atoms. The van der Waals surface area contributed by atoms with E-state index in [2.05, 4.69) is 5.10 Å². The van der Waals surface area contributed by atoms with E-state index in [0.29, 0.717) is 12.2 Å². The Hall–Kier alpha value is -1.40. The Labute approximate surface area is 119 Å². The zero-order valence-electron chi connectivity index (χ0n) is 11.9. The third kappa shape index (κ3) is 3.19. The number of sulfone groups is 1. The van der Waals surface area contributed by atoms with E-state index in [0.717, 1.165) is 17.4 Å². The smallest absolute Gasteiger partial charge is 0.156 e. The molecule has 0 amide bonds. The fourth-order valence-corrected chi connectivity index (χ4v) is 4.06. The molecule has 2 aromatic rings. The molecule has 110 valence electrons. The highest BCUT2D eigenvalue weighted by molar-refractivity contribution is 7.90. The maximum atomic E-state index is 12.2. The Bertz CT molecular complexity index is 692. The molecule has 1 unspecified atom stereocenters. The third-order valence-corrected chi connectivity index (χ3v) is 5.12. The molecule has 0 aliphatic rings. The molecule has 0 bridgehead atoms. The first-order valence-corrected chi connectivity index (χ1v) is 8.64. The van der Waals surface area contributed by atoms with E-state index in [-0.39, 0.29) is 17.4 Å². The molecule has 0 aliphatic carbocycles. The van der Waals surface area contributed by atoms with Crippen molar-refractivity contribution in [3.05, 3.63) is 30.0 Å². The van der Waals surface area contributed by atoms with Gasteiger partial charge in [0.1, 0.15) is 0 Å². The van der Waals surface area contributed by atoms with Gasteiger partial charge >= 0.3 is 0 Å². The molecule has 5 nitrogen and oxygen atoms in total. The van der Waals surface area contributed by atoms with Crippen molar-refractivity contribution < 1.29 is 8.42 Å². The first-order chi connectivity index (χ1) is 9.46. The summed E-state index contributed by atoms with van der Waals surface area (Å²) in [6, 6.07) is 7.73. The van der Waals surface area contributed by atoms with Crippen molar-refractivity contribution in [3.8, 4) is 0 Å². The van der Waals surface area contributed by atoms with E-state index < -0.39 is 9.84 Å². The number of aromatic nitrogens is 2. The summed E-state index contributed by atoms with van der Waals surface area (Å²) >= 11 is 0. The van der Waals surface area contributed by atoms with E-state index in [1.165, 1.54) is 0 Å². The second-order valence-electron chi connectivity index (χ2n) is 5.18. The van der Waals surface area contributed by atoms with Crippen LogP contribution >= 0.6 is 0 Å². The first-order valence-electron chi connectivity index (χ1n) is 6.81. The summed E-state index contributed by atoms with van der Waals surface area (Å²) in [6.07, 6.45) is 0. The van der Waals surface area contributed by atoms with Crippen molar-refractivity contribution in [2.75, 3.05) is 12.3 Å². The normalized spacial score (nSPS) is 13.8. The summed E-state index contributed by atoms with van der Waals surface area (Å²) in [4.78, 5) is 0. The number of benzene rings is 1. The number of rotatable bonds is 6. The second kappa shape index (κ2) is 5.93. The molecule has 0 radical (unpaired) electrons. The van der Waals surface area contributed by atoms with Gasteiger partial charge in [-0.3, -0.25) is 4.68 Å². The molecule has 1 aromatic carbocycles. The molecule has 2 N–H and O–H groups in total. The highest BCUT2D eigenvalue weighted by atomic mass is 32.2. The summed E-state index contributed by atoms with van der Waals surface area (Å²) in [7, 11) is -3.19. The zero-order valence-corrected chi connectivity index (χ0v) is 12.7. The largest absolute Gasteiger partial charge is 0.330 e. The molecule has 0 saturated heterocycles. The summed E-state index contributed by atoms with van der Waals surface area (Å²) in [5, 5.41) is 5.35. The lowest BCUT2D eigenvalue weighted by Gasteiger charge is -2.08. The van der Waals surface area contributed by atoms with Crippen molar-refractivity contribution in [3.63, 3.8) is 0 Å². The van der Waals surface area contributed by atoms with Gasteiger partial charge in [0.05, 0.1) is 22.7 Å². The van der Waals surface area contributed by atoms with Crippen LogP contribution in [-0.2, 0) is 22.1 Å². The number of nitrogens with two attached hydrogens (primary N) is 1. The van der Waals surface area contributed by atoms with Gasteiger partial charge in [0.15, 0.2) is 9.84 Å². The van der Waals surface area contributed by atoms with Crippen LogP contribution in [0.5, 0.6) is 0 Å². The van der Waals surface area contributed by atoms with Gasteiger partial charge in [-0.15, -0.1) is 0 Å². The summed E-state index contributed by atoms with van der Waals surface area (Å²) in [5.41, 5.74) is 7.11. The van der Waals surface area contributed by atoms with Crippen molar-refractivity contribution in [1.29, 1.82) is 0 Å². The van der Waals surface area contributed by atoms with Crippen LogP contribution in [0.15, 0.2) is 24.3 Å². The average Bonchev–Trinajstić information content (AvgIpc) is 2.76. The van der Waals surface area contributed by atoms with Gasteiger partial charge in [0, 0.05) is 11.9 Å². The van der Waals surface area contributed by atoms with Gasteiger partial charge in [-0.2, -0.15) is 5.10 Å². The van der Waals surface area contributed by atoms with Crippen LogP contribution < -0.4 is 5.73 Å². The molecule has 2 rings (SSSR count). The highest BCUT2D eigenvalue weighted by Gasteiger charge is 2.20. The predicted octanol–water partition coefficient (Wildman–Crippen LogP) is 1.57. The number of hydrogen-bond acceptors (Lipinski definition) is 4. The van der Waals surface area contributed by atoms with Crippen molar-refractivity contribution in [2.24, 2.45) is 11.7 Å². The minimum atomic E-state index is -3.19. The van der Waals surface area contributed by atoms with Crippen LogP contribution in [-0.4, -0.2) is 30.5 Å². The number of para-hydroxylation sites is 1.